The van der Waals surface area contributed by atoms with Crippen LogP contribution in [-0.2, 0) is 9.59 Å². The molecule has 4 N–H and O–H groups in total. The minimum absolute atomic E-state index is 0. The standard InChI is InChI=1S/C12H22N4O2.2ClH/c13-3-4-15-11(17)9-2-1-5-16(8-9)12(18)10-6-14-7-10;;/h9-10,14H,1-8,13H2,(H,15,17);2*1H. The summed E-state index contributed by atoms with van der Waals surface area (Å²) in [5, 5.41) is 5.91. The zero-order valence-corrected chi connectivity index (χ0v) is 13.1. The number of likely N-dealkylation sites (tertiary alicyclic amines) is 1. The van der Waals surface area contributed by atoms with E-state index in [2.05, 4.69) is 10.6 Å². The van der Waals surface area contributed by atoms with Gasteiger partial charge in [0.05, 0.1) is 11.8 Å². The lowest BCUT2D eigenvalue weighted by atomic mass is 9.94. The lowest BCUT2D eigenvalue weighted by Crippen LogP contribution is -2.55. The molecule has 8 heteroatoms. The van der Waals surface area contributed by atoms with Crippen molar-refractivity contribution in [3.05, 3.63) is 0 Å². The normalized spacial score (nSPS) is 22.1. The first-order valence-electron chi connectivity index (χ1n) is 6.69. The van der Waals surface area contributed by atoms with E-state index in [4.69, 9.17) is 5.73 Å². The van der Waals surface area contributed by atoms with Crippen LogP contribution < -0.4 is 16.4 Å². The molecule has 2 amide bonds. The Morgan fingerprint density at radius 3 is 2.50 bits per heavy atom. The fourth-order valence-corrected chi connectivity index (χ4v) is 2.45. The lowest BCUT2D eigenvalue weighted by molar-refractivity contribution is -0.140. The maximum atomic E-state index is 12.1. The Labute approximate surface area is 132 Å². The van der Waals surface area contributed by atoms with Gasteiger partial charge in [-0.3, -0.25) is 9.59 Å². The van der Waals surface area contributed by atoms with E-state index in [-0.39, 0.29) is 48.5 Å². The van der Waals surface area contributed by atoms with Gasteiger partial charge in [-0.05, 0) is 12.8 Å². The zero-order chi connectivity index (χ0) is 13.0. The molecule has 0 aliphatic carbocycles. The number of piperidine rings is 1. The Kier molecular flexibility index (Phi) is 9.13. The zero-order valence-electron chi connectivity index (χ0n) is 11.5. The maximum absolute atomic E-state index is 12.1. The summed E-state index contributed by atoms with van der Waals surface area (Å²) in [6.45, 7) is 3.87. The van der Waals surface area contributed by atoms with Crippen LogP contribution in [0.2, 0.25) is 0 Å². The highest BCUT2D eigenvalue weighted by molar-refractivity contribution is 5.85. The minimum atomic E-state index is -0.0673. The van der Waals surface area contributed by atoms with E-state index in [1.165, 1.54) is 0 Å². The number of nitrogens with two attached hydrogens (primary N) is 1. The molecule has 0 bridgehead atoms. The third-order valence-corrected chi connectivity index (χ3v) is 3.68. The molecule has 0 aromatic heterocycles. The van der Waals surface area contributed by atoms with E-state index < -0.39 is 0 Å². The summed E-state index contributed by atoms with van der Waals surface area (Å²) >= 11 is 0. The molecular weight excluding hydrogens is 303 g/mol. The average Bonchev–Trinajstić information content (AvgIpc) is 2.34. The number of hydrogen-bond acceptors (Lipinski definition) is 4. The first-order chi connectivity index (χ1) is 8.72. The summed E-state index contributed by atoms with van der Waals surface area (Å²) in [7, 11) is 0. The summed E-state index contributed by atoms with van der Waals surface area (Å²) in [4.78, 5) is 25.8. The molecule has 2 aliphatic heterocycles. The fraction of sp³-hybridized carbons (Fsp3) is 0.833. The van der Waals surface area contributed by atoms with E-state index in [1.54, 1.807) is 0 Å². The van der Waals surface area contributed by atoms with Crippen molar-refractivity contribution >= 4 is 36.6 Å². The largest absolute Gasteiger partial charge is 0.355 e. The predicted octanol–water partition coefficient (Wildman–Crippen LogP) is -0.637. The summed E-state index contributed by atoms with van der Waals surface area (Å²) in [5.41, 5.74) is 5.36. The van der Waals surface area contributed by atoms with Crippen molar-refractivity contribution in [2.45, 2.75) is 12.8 Å². The van der Waals surface area contributed by atoms with E-state index >= 15 is 0 Å². The predicted molar refractivity (Wildman–Crippen MR) is 82.2 cm³/mol. The van der Waals surface area contributed by atoms with Gasteiger partial charge in [0.2, 0.25) is 11.8 Å². The molecule has 0 aromatic carbocycles. The molecule has 2 heterocycles. The number of hydrogen-bond donors (Lipinski definition) is 3. The van der Waals surface area contributed by atoms with Crippen molar-refractivity contribution < 1.29 is 9.59 Å². The van der Waals surface area contributed by atoms with Gasteiger partial charge in [0, 0.05) is 39.3 Å². The van der Waals surface area contributed by atoms with Gasteiger partial charge in [0.1, 0.15) is 0 Å². The first-order valence-corrected chi connectivity index (χ1v) is 6.69. The molecule has 0 saturated carbocycles. The summed E-state index contributed by atoms with van der Waals surface area (Å²) in [5.74, 6) is 0.285. The van der Waals surface area contributed by atoms with Crippen LogP contribution in [0.25, 0.3) is 0 Å². The second-order valence-electron chi connectivity index (χ2n) is 5.06. The molecule has 1 unspecified atom stereocenters. The van der Waals surface area contributed by atoms with Crippen LogP contribution in [0.5, 0.6) is 0 Å². The number of nitrogens with zero attached hydrogens (tertiary/aromatic N) is 1. The van der Waals surface area contributed by atoms with E-state index in [0.29, 0.717) is 19.6 Å². The number of amides is 2. The van der Waals surface area contributed by atoms with Crippen LogP contribution in [0.4, 0.5) is 0 Å². The van der Waals surface area contributed by atoms with Crippen molar-refractivity contribution in [3.8, 4) is 0 Å². The Morgan fingerprint density at radius 2 is 1.95 bits per heavy atom. The van der Waals surface area contributed by atoms with Gasteiger partial charge < -0.3 is 21.3 Å². The van der Waals surface area contributed by atoms with Gasteiger partial charge in [0.25, 0.3) is 0 Å². The quantitative estimate of drug-likeness (QED) is 0.641. The molecular formula is C12H24Cl2N4O2. The monoisotopic (exact) mass is 326 g/mol. The molecule has 6 nitrogen and oxygen atoms in total. The second kappa shape index (κ2) is 9.39. The molecule has 2 saturated heterocycles. The summed E-state index contributed by atoms with van der Waals surface area (Å²) in [6, 6.07) is 0. The third-order valence-electron chi connectivity index (χ3n) is 3.68. The van der Waals surface area contributed by atoms with Gasteiger partial charge >= 0.3 is 0 Å². The number of nitrogens with one attached hydrogen (secondary N) is 2. The fourth-order valence-electron chi connectivity index (χ4n) is 2.45. The van der Waals surface area contributed by atoms with Gasteiger partial charge in [-0.15, -0.1) is 24.8 Å². The van der Waals surface area contributed by atoms with Gasteiger partial charge in [-0.2, -0.15) is 0 Å². The second-order valence-corrected chi connectivity index (χ2v) is 5.06. The van der Waals surface area contributed by atoms with Gasteiger partial charge in [-0.25, -0.2) is 0 Å². The molecule has 118 valence electrons. The van der Waals surface area contributed by atoms with Crippen molar-refractivity contribution in [2.24, 2.45) is 17.6 Å². The van der Waals surface area contributed by atoms with Gasteiger partial charge in [0.15, 0.2) is 0 Å². The molecule has 2 rings (SSSR count). The average molecular weight is 327 g/mol. The van der Waals surface area contributed by atoms with E-state index in [9.17, 15) is 9.59 Å². The van der Waals surface area contributed by atoms with E-state index in [0.717, 1.165) is 32.5 Å². The highest BCUT2D eigenvalue weighted by atomic mass is 35.5. The summed E-state index contributed by atoms with van der Waals surface area (Å²) in [6.07, 6.45) is 1.77. The maximum Gasteiger partial charge on any atom is 0.228 e. The number of halogens is 2. The molecule has 1 atom stereocenters. The topological polar surface area (TPSA) is 87.5 Å². The number of rotatable bonds is 4. The Balaban J connectivity index is 0.00000180. The Morgan fingerprint density at radius 1 is 1.25 bits per heavy atom. The Hall–Kier alpha value is -0.560. The van der Waals surface area contributed by atoms with Crippen molar-refractivity contribution in [1.29, 1.82) is 0 Å². The highest BCUT2D eigenvalue weighted by Gasteiger charge is 2.33. The molecule has 2 aliphatic rings. The number of carbonyl (C=O) groups excluding carboxylic acids is 2. The van der Waals surface area contributed by atoms with Crippen LogP contribution in [-0.4, -0.2) is 56.0 Å². The molecule has 0 radical (unpaired) electrons. The first kappa shape index (κ1) is 19.4. The molecule has 0 spiro atoms. The van der Waals surface area contributed by atoms with Gasteiger partial charge in [-0.1, -0.05) is 0 Å². The smallest absolute Gasteiger partial charge is 0.228 e. The molecule has 20 heavy (non-hydrogen) atoms. The molecule has 2 fully saturated rings. The van der Waals surface area contributed by atoms with Crippen LogP contribution in [0.1, 0.15) is 12.8 Å². The number of carbonyl (C=O) groups is 2. The summed E-state index contributed by atoms with van der Waals surface area (Å²) < 4.78 is 0. The SMILES string of the molecule is Cl.Cl.NCCNC(=O)C1CCCN(C(=O)C2CNC2)C1. The minimum Gasteiger partial charge on any atom is -0.355 e. The van der Waals surface area contributed by atoms with Crippen molar-refractivity contribution in [2.75, 3.05) is 39.3 Å². The van der Waals surface area contributed by atoms with Crippen LogP contribution in [0.15, 0.2) is 0 Å². The van der Waals surface area contributed by atoms with Crippen molar-refractivity contribution in [1.82, 2.24) is 15.5 Å². The highest BCUT2D eigenvalue weighted by Crippen LogP contribution is 2.19. The van der Waals surface area contributed by atoms with Crippen molar-refractivity contribution in [3.63, 3.8) is 0 Å². The van der Waals surface area contributed by atoms with E-state index in [1.807, 2.05) is 4.90 Å². The van der Waals surface area contributed by atoms with Crippen LogP contribution in [0.3, 0.4) is 0 Å². The lowest BCUT2D eigenvalue weighted by Gasteiger charge is -2.37. The van der Waals surface area contributed by atoms with Crippen LogP contribution >= 0.6 is 24.8 Å². The molecule has 0 aromatic rings. The van der Waals surface area contributed by atoms with Crippen LogP contribution in [0, 0.1) is 11.8 Å². The third kappa shape index (κ3) is 4.77. The Bertz CT molecular complexity index is 327.